The van der Waals surface area contributed by atoms with Crippen molar-refractivity contribution in [2.75, 3.05) is 42.8 Å². The van der Waals surface area contributed by atoms with Crippen LogP contribution in [-0.4, -0.2) is 83.6 Å². The van der Waals surface area contributed by atoms with Crippen molar-refractivity contribution in [3.63, 3.8) is 0 Å². The molecule has 5 rings (SSSR count). The quantitative estimate of drug-likeness (QED) is 0.277. The molecule has 0 radical (unpaired) electrons. The molecular formula is C35H43FN6O8. The van der Waals surface area contributed by atoms with Gasteiger partial charge < -0.3 is 23.8 Å². The second-order valence-corrected chi connectivity index (χ2v) is 14.5. The van der Waals surface area contributed by atoms with Crippen LogP contribution in [0.3, 0.4) is 0 Å². The lowest BCUT2D eigenvalue weighted by atomic mass is 9.81. The number of aromatic nitrogens is 2. The zero-order chi connectivity index (χ0) is 36.7. The Balaban J connectivity index is 1.52. The van der Waals surface area contributed by atoms with E-state index in [1.807, 2.05) is 0 Å². The smallest absolute Gasteiger partial charge is 0.415 e. The molecule has 1 aromatic carbocycles. The fourth-order valence-electron chi connectivity index (χ4n) is 5.69. The van der Waals surface area contributed by atoms with Crippen LogP contribution in [0.15, 0.2) is 24.5 Å². The first kappa shape index (κ1) is 36.1. The predicted octanol–water partition coefficient (Wildman–Crippen LogP) is 6.64. The third-order valence-corrected chi connectivity index (χ3v) is 7.98. The highest BCUT2D eigenvalue weighted by molar-refractivity contribution is 6.05. The Bertz CT molecular complexity index is 1850. The van der Waals surface area contributed by atoms with Gasteiger partial charge in [-0.15, -0.1) is 0 Å². The number of fused-ring (bicyclic) bond motifs is 2. The summed E-state index contributed by atoms with van der Waals surface area (Å²) in [5.74, 6) is -0.727. The minimum absolute atomic E-state index is 0.0188. The SMILES string of the molecule is Cc1c(-c2cc3cc(NC(=O)OC4CC(C(=O)N(C)C)C4)ncc3c(NC(=O)OC(C)(C)C)c2F)cnc2c1N(C(=O)OC(C)(C)C)CCO2. The van der Waals surface area contributed by atoms with Crippen LogP contribution in [0, 0.1) is 18.7 Å². The fourth-order valence-corrected chi connectivity index (χ4v) is 5.69. The van der Waals surface area contributed by atoms with Crippen LogP contribution in [0.25, 0.3) is 21.9 Å². The van der Waals surface area contributed by atoms with Gasteiger partial charge in [-0.05, 0) is 84.4 Å². The van der Waals surface area contributed by atoms with Crippen LogP contribution < -0.4 is 20.3 Å². The lowest BCUT2D eigenvalue weighted by Crippen LogP contribution is -2.43. The third kappa shape index (κ3) is 7.98. The lowest BCUT2D eigenvalue weighted by Gasteiger charge is -2.34. The monoisotopic (exact) mass is 694 g/mol. The number of nitrogens with zero attached hydrogens (tertiary/aromatic N) is 4. The van der Waals surface area contributed by atoms with Crippen LogP contribution in [0.4, 0.5) is 36.0 Å². The molecule has 14 nitrogen and oxygen atoms in total. The van der Waals surface area contributed by atoms with Crippen molar-refractivity contribution >= 4 is 52.2 Å². The molecule has 1 aliphatic heterocycles. The summed E-state index contributed by atoms with van der Waals surface area (Å²) < 4.78 is 38.9. The van der Waals surface area contributed by atoms with Crippen LogP contribution >= 0.6 is 0 Å². The number of carbonyl (C=O) groups is 4. The van der Waals surface area contributed by atoms with Gasteiger partial charge in [-0.3, -0.25) is 20.3 Å². The Kier molecular flexibility index (Phi) is 9.81. The number of rotatable bonds is 5. The summed E-state index contributed by atoms with van der Waals surface area (Å²) in [5, 5.41) is 5.75. The minimum Gasteiger partial charge on any atom is -0.474 e. The third-order valence-electron chi connectivity index (χ3n) is 7.98. The average Bonchev–Trinajstić information content (AvgIpc) is 2.98. The maximum absolute atomic E-state index is 16.6. The normalized spacial score (nSPS) is 17.1. The molecule has 2 aromatic heterocycles. The molecule has 15 heteroatoms. The molecule has 3 aromatic rings. The molecule has 50 heavy (non-hydrogen) atoms. The van der Waals surface area contributed by atoms with Crippen LogP contribution in [-0.2, 0) is 19.0 Å². The molecule has 268 valence electrons. The molecule has 3 heterocycles. The molecular weight excluding hydrogens is 651 g/mol. The topological polar surface area (TPSA) is 162 Å². The van der Waals surface area contributed by atoms with Gasteiger partial charge in [0.05, 0.1) is 12.2 Å². The van der Waals surface area contributed by atoms with E-state index >= 15 is 4.39 Å². The first-order valence-electron chi connectivity index (χ1n) is 16.3. The Hall–Kier alpha value is -5.21. The van der Waals surface area contributed by atoms with E-state index in [1.54, 1.807) is 62.6 Å². The van der Waals surface area contributed by atoms with Crippen molar-refractivity contribution in [2.24, 2.45) is 5.92 Å². The minimum atomic E-state index is -0.892. The summed E-state index contributed by atoms with van der Waals surface area (Å²) in [6, 6.07) is 3.04. The van der Waals surface area contributed by atoms with Crippen molar-refractivity contribution in [3.05, 3.63) is 35.9 Å². The number of ether oxygens (including phenoxy) is 4. The number of amides is 4. The standard InChI is InChI=1S/C35H43FN6O8/c1-18-23(16-38-29-28(18)42(10-11-47-29)33(46)50-35(5,6)7)22-14-19-15-25(39-31(44)48-21-12-20(13-21)30(43)41(8)9)37-17-24(19)27(26(22)36)40-32(45)49-34(2,3)4/h14-17,20-21H,10-13H2,1-9H3,(H,40,45)(H,37,39,44). The molecule has 0 saturated heterocycles. The number of anilines is 3. The lowest BCUT2D eigenvalue weighted by molar-refractivity contribution is -0.139. The maximum atomic E-state index is 16.6. The Morgan fingerprint density at radius 1 is 0.940 bits per heavy atom. The van der Waals surface area contributed by atoms with E-state index in [2.05, 4.69) is 20.6 Å². The van der Waals surface area contributed by atoms with E-state index in [1.165, 1.54) is 34.3 Å². The van der Waals surface area contributed by atoms with E-state index in [9.17, 15) is 19.2 Å². The molecule has 1 aliphatic carbocycles. The molecule has 0 unspecified atom stereocenters. The Morgan fingerprint density at radius 2 is 1.62 bits per heavy atom. The van der Waals surface area contributed by atoms with E-state index in [0.717, 1.165) is 0 Å². The van der Waals surface area contributed by atoms with Crippen molar-refractivity contribution in [2.45, 2.75) is 78.6 Å². The van der Waals surface area contributed by atoms with Crippen molar-refractivity contribution in [1.29, 1.82) is 0 Å². The summed E-state index contributed by atoms with van der Waals surface area (Å²) in [6.07, 6.45) is 0.907. The molecule has 0 bridgehead atoms. The number of pyridine rings is 2. The zero-order valence-electron chi connectivity index (χ0n) is 29.7. The van der Waals surface area contributed by atoms with Gasteiger partial charge in [0.1, 0.15) is 35.4 Å². The second-order valence-electron chi connectivity index (χ2n) is 14.5. The molecule has 1 saturated carbocycles. The van der Waals surface area contributed by atoms with Gasteiger partial charge in [-0.2, -0.15) is 0 Å². The van der Waals surface area contributed by atoms with Crippen molar-refractivity contribution in [1.82, 2.24) is 14.9 Å². The first-order chi connectivity index (χ1) is 23.3. The zero-order valence-corrected chi connectivity index (χ0v) is 29.7. The van der Waals surface area contributed by atoms with Gasteiger partial charge in [0, 0.05) is 48.9 Å². The largest absolute Gasteiger partial charge is 0.474 e. The van der Waals surface area contributed by atoms with Gasteiger partial charge in [-0.25, -0.2) is 28.7 Å². The summed E-state index contributed by atoms with van der Waals surface area (Å²) in [4.78, 5) is 62.6. The first-order valence-corrected chi connectivity index (χ1v) is 16.3. The molecule has 0 atom stereocenters. The van der Waals surface area contributed by atoms with Gasteiger partial charge >= 0.3 is 18.3 Å². The molecule has 2 N–H and O–H groups in total. The van der Waals surface area contributed by atoms with Gasteiger partial charge in [0.2, 0.25) is 11.8 Å². The molecule has 0 spiro atoms. The summed E-state index contributed by atoms with van der Waals surface area (Å²) in [5.41, 5.74) is -0.688. The highest BCUT2D eigenvalue weighted by Gasteiger charge is 2.38. The summed E-state index contributed by atoms with van der Waals surface area (Å²) >= 11 is 0. The summed E-state index contributed by atoms with van der Waals surface area (Å²) in [6.45, 7) is 12.4. The highest BCUT2D eigenvalue weighted by Crippen LogP contribution is 2.43. The van der Waals surface area contributed by atoms with E-state index in [0.29, 0.717) is 35.0 Å². The number of hydrogen-bond acceptors (Lipinski definition) is 10. The number of carbonyl (C=O) groups excluding carboxylic acids is 4. The fraction of sp³-hybridized carbons (Fsp3) is 0.486. The molecule has 4 amide bonds. The average molecular weight is 695 g/mol. The number of halogens is 1. The van der Waals surface area contributed by atoms with E-state index < -0.39 is 41.4 Å². The molecule has 2 aliphatic rings. The van der Waals surface area contributed by atoms with Crippen LogP contribution in [0.1, 0.15) is 59.9 Å². The van der Waals surface area contributed by atoms with Crippen molar-refractivity contribution in [3.8, 4) is 17.0 Å². The van der Waals surface area contributed by atoms with E-state index in [4.69, 9.17) is 18.9 Å². The Labute approximate surface area is 289 Å². The van der Waals surface area contributed by atoms with Gasteiger partial charge in [0.25, 0.3) is 0 Å². The number of nitrogens with one attached hydrogen (secondary N) is 2. The van der Waals surface area contributed by atoms with Crippen molar-refractivity contribution < 1.29 is 42.5 Å². The Morgan fingerprint density at radius 3 is 2.26 bits per heavy atom. The van der Waals surface area contributed by atoms with Crippen LogP contribution in [0.5, 0.6) is 5.88 Å². The van der Waals surface area contributed by atoms with Gasteiger partial charge in [0.15, 0.2) is 5.82 Å². The maximum Gasteiger partial charge on any atom is 0.415 e. The number of hydrogen-bond donors (Lipinski definition) is 2. The van der Waals surface area contributed by atoms with E-state index in [-0.39, 0.29) is 53.3 Å². The molecule has 1 fully saturated rings. The predicted molar refractivity (Wildman–Crippen MR) is 184 cm³/mol. The highest BCUT2D eigenvalue weighted by atomic mass is 19.1. The van der Waals surface area contributed by atoms with Crippen LogP contribution in [0.2, 0.25) is 0 Å². The van der Waals surface area contributed by atoms with Gasteiger partial charge in [-0.1, -0.05) is 0 Å². The summed E-state index contributed by atoms with van der Waals surface area (Å²) in [7, 11) is 3.35. The number of benzene rings is 1. The second kappa shape index (κ2) is 13.6.